The van der Waals surface area contributed by atoms with E-state index in [9.17, 15) is 4.79 Å². The van der Waals surface area contributed by atoms with Gasteiger partial charge in [-0.1, -0.05) is 23.5 Å². The van der Waals surface area contributed by atoms with Crippen LogP contribution < -0.4 is 4.74 Å². The van der Waals surface area contributed by atoms with E-state index in [1.807, 2.05) is 56.0 Å². The molecule has 6 rings (SSSR count). The molecule has 1 N–H and O–H groups in total. The van der Waals surface area contributed by atoms with Crippen LogP contribution in [0.25, 0.3) is 21.1 Å². The minimum atomic E-state index is -0.468. The number of carbonyl (C=O) groups is 1. The molecule has 2 aliphatic rings. The molecule has 2 aromatic carbocycles. The first-order valence-corrected chi connectivity index (χ1v) is 12.7. The van der Waals surface area contributed by atoms with Crippen LogP contribution in [-0.2, 0) is 11.3 Å². The molecule has 0 aliphatic carbocycles. The Morgan fingerprint density at radius 2 is 2.06 bits per heavy atom. The number of hydrogen-bond donors (Lipinski definition) is 1. The Balaban J connectivity index is 1.12. The summed E-state index contributed by atoms with van der Waals surface area (Å²) in [6, 6.07) is 14.2. The first-order chi connectivity index (χ1) is 16.8. The van der Waals surface area contributed by atoms with Crippen LogP contribution in [-0.4, -0.2) is 51.1 Å². The van der Waals surface area contributed by atoms with Crippen molar-refractivity contribution in [3.8, 4) is 10.9 Å². The molecule has 1 amide bonds. The topological polar surface area (TPSA) is 70.7 Å². The second kappa shape index (κ2) is 8.30. The van der Waals surface area contributed by atoms with Crippen LogP contribution in [0, 0.1) is 5.92 Å². The monoisotopic (exact) mass is 488 g/mol. The van der Waals surface area contributed by atoms with E-state index in [4.69, 9.17) is 9.47 Å². The summed E-state index contributed by atoms with van der Waals surface area (Å²) < 4.78 is 12.7. The molecule has 0 saturated carbocycles. The van der Waals surface area contributed by atoms with Crippen molar-refractivity contribution in [2.45, 2.75) is 32.9 Å². The summed E-state index contributed by atoms with van der Waals surface area (Å²) in [5.74, 6) is 1.14. The zero-order chi connectivity index (χ0) is 24.2. The third kappa shape index (κ3) is 4.46. The average Bonchev–Trinajstić information content (AvgIpc) is 3.54. The Hall–Kier alpha value is -3.52. The van der Waals surface area contributed by atoms with E-state index in [2.05, 4.69) is 39.4 Å². The fourth-order valence-electron chi connectivity index (χ4n) is 4.84. The maximum atomic E-state index is 12.4. The van der Waals surface area contributed by atoms with Crippen LogP contribution in [0.2, 0.25) is 0 Å². The summed E-state index contributed by atoms with van der Waals surface area (Å²) in [5, 5.41) is 1.83. The SMILES string of the molecule is CC(C)(C)OC(=O)N1CC2=CN(Cc3c[nH]c4cc(Oc5nc6ccccc6s5)ccc34)CC2C1. The lowest BCUT2D eigenvalue weighted by Gasteiger charge is -2.25. The van der Waals surface area contributed by atoms with Crippen molar-refractivity contribution in [2.75, 3.05) is 19.6 Å². The quantitative estimate of drug-likeness (QED) is 0.374. The number of amides is 1. The van der Waals surface area contributed by atoms with Gasteiger partial charge in [0.2, 0.25) is 0 Å². The normalized spacial score (nSPS) is 17.8. The number of ether oxygens (including phenoxy) is 2. The van der Waals surface area contributed by atoms with Crippen LogP contribution >= 0.6 is 11.3 Å². The maximum Gasteiger partial charge on any atom is 0.410 e. The van der Waals surface area contributed by atoms with Gasteiger partial charge in [-0.3, -0.25) is 0 Å². The number of aromatic nitrogens is 2. The molecule has 0 spiro atoms. The van der Waals surface area contributed by atoms with Gasteiger partial charge in [0.1, 0.15) is 11.4 Å². The van der Waals surface area contributed by atoms with E-state index in [1.54, 1.807) is 11.3 Å². The number of fused-ring (bicyclic) bond motifs is 3. The van der Waals surface area contributed by atoms with E-state index in [-0.39, 0.29) is 6.09 Å². The van der Waals surface area contributed by atoms with Crippen LogP contribution in [0.4, 0.5) is 4.79 Å². The van der Waals surface area contributed by atoms with Crippen molar-refractivity contribution in [2.24, 2.45) is 5.92 Å². The summed E-state index contributed by atoms with van der Waals surface area (Å²) in [7, 11) is 0. The number of H-pyrrole nitrogens is 1. The second-order valence-corrected chi connectivity index (χ2v) is 11.3. The molecule has 1 fully saturated rings. The number of nitrogens with zero attached hydrogens (tertiary/aromatic N) is 3. The molecule has 35 heavy (non-hydrogen) atoms. The Morgan fingerprint density at radius 3 is 2.86 bits per heavy atom. The van der Waals surface area contributed by atoms with Gasteiger partial charge in [0, 0.05) is 61.5 Å². The number of rotatable bonds is 4. The Labute approximate surface area is 208 Å². The van der Waals surface area contributed by atoms with Gasteiger partial charge >= 0.3 is 6.09 Å². The smallest absolute Gasteiger partial charge is 0.410 e. The molecule has 4 heterocycles. The highest BCUT2D eigenvalue weighted by molar-refractivity contribution is 7.20. The number of carbonyl (C=O) groups excluding carboxylic acids is 1. The molecular formula is C27H28N4O3S. The predicted octanol–water partition coefficient (Wildman–Crippen LogP) is 6.14. The first kappa shape index (κ1) is 22.0. The second-order valence-electron chi connectivity index (χ2n) is 10.3. The molecule has 0 bridgehead atoms. The highest BCUT2D eigenvalue weighted by atomic mass is 32.1. The molecule has 1 unspecified atom stereocenters. The number of benzene rings is 2. The molecule has 4 aromatic rings. The Bertz CT molecular complexity index is 1410. The van der Waals surface area contributed by atoms with Gasteiger partial charge in [-0.15, -0.1) is 0 Å². The van der Waals surface area contributed by atoms with Crippen molar-refractivity contribution in [3.05, 3.63) is 66.0 Å². The molecule has 8 heteroatoms. The number of nitrogens with one attached hydrogen (secondary N) is 1. The van der Waals surface area contributed by atoms with Crippen LogP contribution in [0.1, 0.15) is 26.3 Å². The van der Waals surface area contributed by atoms with Gasteiger partial charge < -0.3 is 24.3 Å². The number of thiazole rings is 1. The summed E-state index contributed by atoms with van der Waals surface area (Å²) >= 11 is 1.55. The van der Waals surface area contributed by atoms with E-state index in [0.29, 0.717) is 17.7 Å². The number of aromatic amines is 1. The van der Waals surface area contributed by atoms with Gasteiger partial charge in [0.25, 0.3) is 5.19 Å². The highest BCUT2D eigenvalue weighted by Gasteiger charge is 2.37. The molecule has 1 saturated heterocycles. The number of likely N-dealkylation sites (tertiary alicyclic amines) is 1. The summed E-state index contributed by atoms with van der Waals surface area (Å²) in [5.41, 5.74) is 4.08. The van der Waals surface area contributed by atoms with E-state index >= 15 is 0 Å². The lowest BCUT2D eigenvalue weighted by molar-refractivity contribution is 0.0286. The van der Waals surface area contributed by atoms with Gasteiger partial charge in [0.15, 0.2) is 0 Å². The molecule has 1 atom stereocenters. The predicted molar refractivity (Wildman–Crippen MR) is 138 cm³/mol. The Kier molecular flexibility index (Phi) is 5.21. The molecule has 7 nitrogen and oxygen atoms in total. The number of para-hydroxylation sites is 1. The van der Waals surface area contributed by atoms with Crippen LogP contribution in [0.5, 0.6) is 10.9 Å². The number of hydrogen-bond acceptors (Lipinski definition) is 6. The maximum absolute atomic E-state index is 12.4. The van der Waals surface area contributed by atoms with Crippen molar-refractivity contribution in [1.29, 1.82) is 0 Å². The molecule has 2 aliphatic heterocycles. The van der Waals surface area contributed by atoms with Gasteiger partial charge in [-0.25, -0.2) is 9.78 Å². The Morgan fingerprint density at radius 1 is 1.20 bits per heavy atom. The molecule has 2 aromatic heterocycles. The lowest BCUT2D eigenvalue weighted by Crippen LogP contribution is -2.36. The lowest BCUT2D eigenvalue weighted by atomic mass is 10.1. The van der Waals surface area contributed by atoms with Crippen LogP contribution in [0.3, 0.4) is 0 Å². The molecule has 0 radical (unpaired) electrons. The van der Waals surface area contributed by atoms with Crippen molar-refractivity contribution >= 4 is 38.5 Å². The van der Waals surface area contributed by atoms with Crippen molar-refractivity contribution < 1.29 is 14.3 Å². The zero-order valence-electron chi connectivity index (χ0n) is 20.1. The van der Waals surface area contributed by atoms with Crippen molar-refractivity contribution in [1.82, 2.24) is 19.8 Å². The van der Waals surface area contributed by atoms with Gasteiger partial charge in [0.05, 0.1) is 10.2 Å². The molecule has 180 valence electrons. The molecular weight excluding hydrogens is 460 g/mol. The largest absolute Gasteiger partial charge is 0.444 e. The fraction of sp³-hybridized carbons (Fsp3) is 0.333. The van der Waals surface area contributed by atoms with Gasteiger partial charge in [-0.05, 0) is 56.2 Å². The van der Waals surface area contributed by atoms with Crippen molar-refractivity contribution in [3.63, 3.8) is 0 Å². The fourth-order valence-corrected chi connectivity index (χ4v) is 5.67. The summed E-state index contributed by atoms with van der Waals surface area (Å²) in [6.45, 7) is 8.82. The average molecular weight is 489 g/mol. The minimum Gasteiger partial charge on any atom is -0.444 e. The summed E-state index contributed by atoms with van der Waals surface area (Å²) in [6.07, 6.45) is 4.07. The highest BCUT2D eigenvalue weighted by Crippen LogP contribution is 2.34. The van der Waals surface area contributed by atoms with Crippen LogP contribution in [0.15, 0.2) is 60.4 Å². The third-order valence-corrected chi connectivity index (χ3v) is 7.30. The first-order valence-electron chi connectivity index (χ1n) is 11.9. The van der Waals surface area contributed by atoms with E-state index in [0.717, 1.165) is 41.1 Å². The van der Waals surface area contributed by atoms with Gasteiger partial charge in [-0.2, -0.15) is 0 Å². The minimum absolute atomic E-state index is 0.222. The van der Waals surface area contributed by atoms with E-state index in [1.165, 1.54) is 16.5 Å². The summed E-state index contributed by atoms with van der Waals surface area (Å²) in [4.78, 5) is 24.5. The van der Waals surface area contributed by atoms with E-state index < -0.39 is 5.60 Å². The third-order valence-electron chi connectivity index (χ3n) is 6.39. The standard InChI is InChI=1S/C27H28N4O3S/c1-27(2,3)34-26(32)31-15-18-13-30(14-19(18)16-31)12-17-11-28-23-10-20(8-9-21(17)23)33-25-29-22-6-4-5-7-24(22)35-25/h4-11,13,19,28H,12,14-16H2,1-3H3. The zero-order valence-corrected chi connectivity index (χ0v) is 20.9.